The smallest absolute Gasteiger partial charge is 0.187 e. The number of carbonyl (C=O) groups excluding carboxylic acids is 1. The molecule has 6 heterocycles. The highest BCUT2D eigenvalue weighted by Crippen LogP contribution is 2.80. The van der Waals surface area contributed by atoms with E-state index in [2.05, 4.69) is 34.6 Å². The minimum Gasteiger partial charge on any atom is -0.394 e. The lowest BCUT2D eigenvalue weighted by atomic mass is 9.30. The third kappa shape index (κ3) is 10.2. The second kappa shape index (κ2) is 23.6. The molecule has 11 rings (SSSR count). The van der Waals surface area contributed by atoms with Crippen molar-refractivity contribution in [2.45, 2.75) is 265 Å². The fraction of sp³-hybridized carbons (Fsp3) is 0.983. The molecule has 5 saturated carbocycles. The number of aldehydes is 1. The van der Waals surface area contributed by atoms with E-state index in [-0.39, 0.29) is 34.0 Å². The van der Waals surface area contributed by atoms with E-state index in [1.54, 1.807) is 0 Å². The van der Waals surface area contributed by atoms with Crippen molar-refractivity contribution < 1.29 is 133 Å². The van der Waals surface area contributed by atoms with Crippen LogP contribution in [0, 0.1) is 50.2 Å². The molecule has 11 fully saturated rings. The standard InChI is InChI=1S/C58H94O27/c1-52(2)29-7-11-55(5)30(8-12-58-31-15-53(3,22-62)13-14-57(31,23-77-58)32(64)16-56(55,58)6)54(29,4)10-9-33(52)82-50-45(85-49-43(74)40(71)44(27(19-61)80-49)83-48-42(73)38(69)35(66)25(17-59)78-48)37(68)28(21-76-50)81-51-46(39(70)36(67)26(18-60)79-51)84-47-41(72)34(65)24(63)20-75-47/h22,24-51,59-61,63-74H,7-21,23H2,1-6H3/t24-,25-,26+,27-,28+,29?,30?,31?,32-,33+,34+,35+,36+,37+,38+,39-,40-,41-,42-,43-,44-,45-,46+,47-,48+,49+,50+,51-,53+,54+,55-,56+,57-,58+/m1/s1. The molecule has 6 saturated heterocycles. The van der Waals surface area contributed by atoms with Crippen molar-refractivity contribution in [1.29, 1.82) is 0 Å². The molecule has 85 heavy (non-hydrogen) atoms. The summed E-state index contributed by atoms with van der Waals surface area (Å²) in [5, 5.41) is 164. The van der Waals surface area contributed by atoms with Gasteiger partial charge in [0, 0.05) is 16.2 Å². The molecule has 488 valence electrons. The van der Waals surface area contributed by atoms with Gasteiger partial charge in [0.15, 0.2) is 31.5 Å². The Morgan fingerprint density at radius 2 is 1.05 bits per heavy atom. The largest absolute Gasteiger partial charge is 0.394 e. The van der Waals surface area contributed by atoms with Gasteiger partial charge >= 0.3 is 0 Å². The molecule has 0 aromatic heterocycles. The number of aliphatic hydroxyl groups is 15. The maximum atomic E-state index is 12.6. The maximum absolute atomic E-state index is 12.6. The monoisotopic (exact) mass is 1220 g/mol. The van der Waals surface area contributed by atoms with Gasteiger partial charge < -0.3 is 133 Å². The molecule has 11 aliphatic rings. The molecular weight excluding hydrogens is 1130 g/mol. The highest BCUT2D eigenvalue weighted by Gasteiger charge is 2.80. The average molecular weight is 1220 g/mol. The van der Waals surface area contributed by atoms with Crippen LogP contribution in [-0.4, -0.2) is 282 Å². The molecule has 27 heteroatoms. The van der Waals surface area contributed by atoms with Gasteiger partial charge in [-0.25, -0.2) is 0 Å². The van der Waals surface area contributed by atoms with E-state index in [4.69, 9.17) is 52.1 Å². The van der Waals surface area contributed by atoms with Crippen LogP contribution in [0.25, 0.3) is 0 Å². The summed E-state index contributed by atoms with van der Waals surface area (Å²) < 4.78 is 67.9. The summed E-state index contributed by atoms with van der Waals surface area (Å²) in [6, 6.07) is 0. The fourth-order valence-corrected chi connectivity index (χ4v) is 18.9. The lowest BCUT2D eigenvalue weighted by Crippen LogP contribution is -2.74. The van der Waals surface area contributed by atoms with Crippen LogP contribution in [0.15, 0.2) is 0 Å². The van der Waals surface area contributed by atoms with Crippen LogP contribution in [-0.2, 0) is 56.9 Å². The summed E-state index contributed by atoms with van der Waals surface area (Å²) in [5.74, 6) is 0.302. The van der Waals surface area contributed by atoms with Crippen LogP contribution in [0.4, 0.5) is 0 Å². The first kappa shape index (κ1) is 65.1. The molecule has 0 radical (unpaired) electrons. The Hall–Kier alpha value is -1.37. The minimum atomic E-state index is -2.08. The van der Waals surface area contributed by atoms with Gasteiger partial charge in [0.2, 0.25) is 0 Å². The molecule has 0 aromatic carbocycles. The Kier molecular flexibility index (Phi) is 18.1. The highest BCUT2D eigenvalue weighted by atomic mass is 16.8. The topological polar surface area (TPSA) is 422 Å². The molecule has 1 spiro atoms. The van der Waals surface area contributed by atoms with Gasteiger partial charge in [0.05, 0.1) is 57.5 Å². The normalized spacial score (nSPS) is 57.6. The Labute approximate surface area is 493 Å². The summed E-state index contributed by atoms with van der Waals surface area (Å²) in [7, 11) is 0. The molecule has 0 amide bonds. The highest BCUT2D eigenvalue weighted by molar-refractivity contribution is 5.59. The molecule has 2 bridgehead atoms. The van der Waals surface area contributed by atoms with E-state index in [0.717, 1.165) is 44.8 Å². The van der Waals surface area contributed by atoms with Gasteiger partial charge in [0.25, 0.3) is 0 Å². The molecule has 6 aliphatic heterocycles. The van der Waals surface area contributed by atoms with Gasteiger partial charge in [-0.15, -0.1) is 0 Å². The summed E-state index contributed by atoms with van der Waals surface area (Å²) in [4.78, 5) is 12.6. The zero-order valence-electron chi connectivity index (χ0n) is 49.2. The Balaban J connectivity index is 0.856. The van der Waals surface area contributed by atoms with Crippen molar-refractivity contribution in [3.63, 3.8) is 0 Å². The maximum Gasteiger partial charge on any atom is 0.187 e. The van der Waals surface area contributed by atoms with Crippen LogP contribution in [0.5, 0.6) is 0 Å². The van der Waals surface area contributed by atoms with Gasteiger partial charge in [-0.05, 0) is 98.2 Å². The number of ether oxygens (including phenoxy) is 11. The SMILES string of the molecule is CC1(C)C2CC[C@]3(C)C(CC[C@]45OC[C@@]6(CC[C@](C)(C=O)CC64)[C@H](O)C[C@]53C)[C@@]2(C)CC[C@@H]1O[C@@H]1OC[C@H](O[C@H]2O[C@@H](CO)[C@H](O)[C@@H](O)[C@@H]2O[C@H]2OC[C@@H](O)[C@H](O)[C@H]2O)[C@H](O)[C@H]1O[C@@H]1O[C@H](CO)[C@@H](O[C@@H]2O[C@H](CO)[C@H](O)[C@H](O)[C@H]2O)[C@H](O)[C@H]1O. The number of hydrogen-bond donors (Lipinski definition) is 15. The van der Waals surface area contributed by atoms with Crippen LogP contribution in [0.2, 0.25) is 0 Å². The number of aliphatic hydroxyl groups excluding tert-OH is 15. The van der Waals surface area contributed by atoms with E-state index < -0.39 is 208 Å². The van der Waals surface area contributed by atoms with E-state index >= 15 is 0 Å². The van der Waals surface area contributed by atoms with Crippen LogP contribution < -0.4 is 0 Å². The summed E-state index contributed by atoms with van der Waals surface area (Å²) in [6.45, 7) is 10.4. The van der Waals surface area contributed by atoms with E-state index in [1.807, 2.05) is 6.92 Å². The summed E-state index contributed by atoms with van der Waals surface area (Å²) >= 11 is 0. The Bertz CT molecular complexity index is 2340. The van der Waals surface area contributed by atoms with Crippen LogP contribution >= 0.6 is 0 Å². The Morgan fingerprint density at radius 1 is 0.482 bits per heavy atom. The third-order valence-corrected chi connectivity index (χ3v) is 24.1. The zero-order chi connectivity index (χ0) is 61.5. The quantitative estimate of drug-likeness (QED) is 0.0581. The van der Waals surface area contributed by atoms with Gasteiger partial charge in [-0.3, -0.25) is 0 Å². The van der Waals surface area contributed by atoms with E-state index in [1.165, 1.54) is 0 Å². The van der Waals surface area contributed by atoms with E-state index in [9.17, 15) is 81.4 Å². The average Bonchev–Trinajstić information content (AvgIpc) is 1.65. The van der Waals surface area contributed by atoms with Gasteiger partial charge in [0.1, 0.15) is 116 Å². The van der Waals surface area contributed by atoms with Crippen LogP contribution in [0.1, 0.15) is 106 Å². The number of carbonyl (C=O) groups is 1. The van der Waals surface area contributed by atoms with Gasteiger partial charge in [-0.2, -0.15) is 0 Å². The van der Waals surface area contributed by atoms with Crippen molar-refractivity contribution in [3.05, 3.63) is 0 Å². The van der Waals surface area contributed by atoms with Crippen molar-refractivity contribution in [2.24, 2.45) is 50.2 Å². The second-order valence-electron chi connectivity index (χ2n) is 28.6. The second-order valence-corrected chi connectivity index (χ2v) is 28.6. The minimum absolute atomic E-state index is 0.0368. The third-order valence-electron chi connectivity index (χ3n) is 24.1. The molecule has 34 atom stereocenters. The molecular formula is C58H94O27. The summed E-state index contributed by atoms with van der Waals surface area (Å²) in [5.41, 5.74) is -2.91. The Morgan fingerprint density at radius 3 is 1.72 bits per heavy atom. The fourth-order valence-electron chi connectivity index (χ4n) is 18.9. The lowest BCUT2D eigenvalue weighted by molar-refractivity contribution is -0.398. The molecule has 3 unspecified atom stereocenters. The van der Waals surface area contributed by atoms with Crippen LogP contribution in [0.3, 0.4) is 0 Å². The first-order valence-electron chi connectivity index (χ1n) is 30.6. The molecule has 0 aromatic rings. The predicted molar refractivity (Wildman–Crippen MR) is 283 cm³/mol. The van der Waals surface area contributed by atoms with Crippen molar-refractivity contribution in [2.75, 3.05) is 39.6 Å². The predicted octanol–water partition coefficient (Wildman–Crippen LogP) is -4.07. The first-order chi connectivity index (χ1) is 40.0. The zero-order valence-corrected chi connectivity index (χ0v) is 49.2. The van der Waals surface area contributed by atoms with Crippen molar-refractivity contribution in [3.8, 4) is 0 Å². The molecule has 15 N–H and O–H groups in total. The number of fused-ring (bicyclic) bond motifs is 4. The number of hydrogen-bond acceptors (Lipinski definition) is 27. The molecule has 27 nitrogen and oxygen atoms in total. The first-order valence-corrected chi connectivity index (χ1v) is 30.6. The summed E-state index contributed by atoms with van der Waals surface area (Å²) in [6.07, 6.45) is -33.1. The number of rotatable bonds is 14. The van der Waals surface area contributed by atoms with Crippen molar-refractivity contribution in [1.82, 2.24) is 0 Å². The van der Waals surface area contributed by atoms with E-state index in [0.29, 0.717) is 32.3 Å². The molecule has 5 aliphatic carbocycles. The van der Waals surface area contributed by atoms with Gasteiger partial charge in [-0.1, -0.05) is 41.5 Å². The van der Waals surface area contributed by atoms with Crippen molar-refractivity contribution >= 4 is 6.29 Å². The lowest BCUT2D eigenvalue weighted by Gasteiger charge is -2.75.